The predicted octanol–water partition coefficient (Wildman–Crippen LogP) is 1.77. The quantitative estimate of drug-likeness (QED) is 0.696. The monoisotopic (exact) mass is 356 g/mol. The molecule has 26 heavy (non-hydrogen) atoms. The lowest BCUT2D eigenvalue weighted by molar-refractivity contribution is 0.248. The smallest absolute Gasteiger partial charge is 0.319 e. The summed E-state index contributed by atoms with van der Waals surface area (Å²) in [6.07, 6.45) is 4.62. The molecule has 2 N–H and O–H groups in total. The van der Waals surface area contributed by atoms with E-state index in [2.05, 4.69) is 30.9 Å². The first-order chi connectivity index (χ1) is 12.6. The highest BCUT2D eigenvalue weighted by molar-refractivity contribution is 5.91. The Kier molecular flexibility index (Phi) is 5.11. The molecule has 3 rings (SSSR count). The van der Waals surface area contributed by atoms with Crippen molar-refractivity contribution in [1.82, 2.24) is 34.8 Å². The number of urea groups is 1. The average Bonchev–Trinajstić information content (AvgIpc) is 3.33. The molecule has 10 nitrogen and oxygen atoms in total. The third kappa shape index (κ3) is 3.63. The van der Waals surface area contributed by atoms with Crippen LogP contribution in [0.5, 0.6) is 5.75 Å². The van der Waals surface area contributed by atoms with Gasteiger partial charge in [0.2, 0.25) is 0 Å². The Balaban J connectivity index is 1.75. The number of hydrogen-bond donors (Lipinski definition) is 2. The summed E-state index contributed by atoms with van der Waals surface area (Å²) in [5.74, 6) is 1.23. The number of aromatic nitrogens is 6. The number of rotatable bonds is 6. The van der Waals surface area contributed by atoms with Crippen molar-refractivity contribution in [3.63, 3.8) is 0 Å². The van der Waals surface area contributed by atoms with Crippen LogP contribution in [0.25, 0.3) is 5.69 Å². The summed E-state index contributed by atoms with van der Waals surface area (Å²) >= 11 is 0. The molecule has 0 aliphatic heterocycles. The van der Waals surface area contributed by atoms with E-state index in [0.717, 1.165) is 5.69 Å². The van der Waals surface area contributed by atoms with Crippen LogP contribution in [0, 0.1) is 0 Å². The zero-order chi connectivity index (χ0) is 18.5. The Labute approximate surface area is 150 Å². The molecule has 136 valence electrons. The number of carbonyl (C=O) groups excluding carboxylic acids is 1. The second kappa shape index (κ2) is 7.64. The summed E-state index contributed by atoms with van der Waals surface area (Å²) in [7, 11) is 1.54. The summed E-state index contributed by atoms with van der Waals surface area (Å²) in [6, 6.07) is 4.72. The molecule has 0 radical (unpaired) electrons. The van der Waals surface area contributed by atoms with Crippen molar-refractivity contribution in [3.05, 3.63) is 43.0 Å². The fraction of sp³-hybridized carbons (Fsp3) is 0.312. The van der Waals surface area contributed by atoms with Crippen LogP contribution in [0.3, 0.4) is 0 Å². The Morgan fingerprint density at radius 3 is 2.77 bits per heavy atom. The van der Waals surface area contributed by atoms with Crippen molar-refractivity contribution < 1.29 is 9.53 Å². The highest BCUT2D eigenvalue weighted by Crippen LogP contribution is 2.27. The fourth-order valence-corrected chi connectivity index (χ4v) is 2.56. The number of nitrogens with zero attached hydrogens (tertiary/aromatic N) is 6. The molecule has 0 aliphatic carbocycles. The molecule has 0 fully saturated rings. The van der Waals surface area contributed by atoms with Gasteiger partial charge in [0.05, 0.1) is 24.5 Å². The van der Waals surface area contributed by atoms with E-state index in [0.29, 0.717) is 23.8 Å². The number of carbonyl (C=O) groups is 1. The molecule has 2 amide bonds. The van der Waals surface area contributed by atoms with Gasteiger partial charge in [-0.2, -0.15) is 5.10 Å². The van der Waals surface area contributed by atoms with Crippen molar-refractivity contribution >= 4 is 11.7 Å². The van der Waals surface area contributed by atoms with Gasteiger partial charge in [0.15, 0.2) is 0 Å². The van der Waals surface area contributed by atoms with E-state index in [1.54, 1.807) is 41.1 Å². The van der Waals surface area contributed by atoms with Gasteiger partial charge in [-0.15, -0.1) is 10.2 Å². The Hall–Kier alpha value is -3.43. The fourth-order valence-electron chi connectivity index (χ4n) is 2.56. The molecule has 1 aromatic carbocycles. The summed E-state index contributed by atoms with van der Waals surface area (Å²) in [4.78, 5) is 16.6. The van der Waals surface area contributed by atoms with Crippen LogP contribution >= 0.6 is 0 Å². The lowest BCUT2D eigenvalue weighted by atomic mass is 10.2. The molecule has 0 bridgehead atoms. The Bertz CT molecular complexity index is 874. The zero-order valence-corrected chi connectivity index (χ0v) is 14.7. The number of benzene rings is 1. The second-order valence-electron chi connectivity index (χ2n) is 5.51. The van der Waals surface area contributed by atoms with Gasteiger partial charge in [-0.25, -0.2) is 14.5 Å². The van der Waals surface area contributed by atoms with Gasteiger partial charge < -0.3 is 15.4 Å². The number of ether oxygens (including phenoxy) is 1. The van der Waals surface area contributed by atoms with Crippen LogP contribution in [0.4, 0.5) is 10.5 Å². The molecule has 0 saturated carbocycles. The molecule has 0 saturated heterocycles. The van der Waals surface area contributed by atoms with Crippen molar-refractivity contribution in [2.75, 3.05) is 12.4 Å². The summed E-state index contributed by atoms with van der Waals surface area (Å²) < 4.78 is 8.79. The van der Waals surface area contributed by atoms with Gasteiger partial charge in [-0.05, 0) is 32.0 Å². The normalized spacial score (nSPS) is 11.8. The van der Waals surface area contributed by atoms with Gasteiger partial charge in [0, 0.05) is 6.54 Å². The number of anilines is 1. The van der Waals surface area contributed by atoms with Crippen LogP contribution in [0.1, 0.15) is 25.7 Å². The first-order valence-electron chi connectivity index (χ1n) is 8.10. The minimum atomic E-state index is -0.373. The maximum absolute atomic E-state index is 12.4. The average molecular weight is 356 g/mol. The molecular weight excluding hydrogens is 336 g/mol. The van der Waals surface area contributed by atoms with Crippen molar-refractivity contribution in [3.8, 4) is 11.4 Å². The third-order valence-corrected chi connectivity index (χ3v) is 3.83. The maximum Gasteiger partial charge on any atom is 0.319 e. The highest BCUT2D eigenvalue weighted by Gasteiger charge is 2.16. The van der Waals surface area contributed by atoms with Crippen LogP contribution in [0.2, 0.25) is 0 Å². The number of hydrogen-bond acceptors (Lipinski definition) is 6. The minimum absolute atomic E-state index is 0.301. The predicted molar refractivity (Wildman–Crippen MR) is 94.2 cm³/mol. The van der Waals surface area contributed by atoms with Crippen molar-refractivity contribution in [2.24, 2.45) is 0 Å². The topological polar surface area (TPSA) is 112 Å². The van der Waals surface area contributed by atoms with E-state index in [4.69, 9.17) is 4.74 Å². The standard InChI is InChI=1S/C16H20N8O2/c1-4-24-15(17-8-20-24)11(2)21-16(25)22-13-7-12(5-6-14(13)26-3)23-9-18-19-10-23/h5-11H,4H2,1-3H3,(H2,21,22,25)/t11-/m0/s1. The van der Waals surface area contributed by atoms with E-state index >= 15 is 0 Å². The lowest BCUT2D eigenvalue weighted by Crippen LogP contribution is -2.32. The molecule has 1 atom stereocenters. The summed E-state index contributed by atoms with van der Waals surface area (Å²) in [5.41, 5.74) is 1.32. The maximum atomic E-state index is 12.4. The molecular formula is C16H20N8O2. The minimum Gasteiger partial charge on any atom is -0.495 e. The van der Waals surface area contributed by atoms with Crippen LogP contribution < -0.4 is 15.4 Å². The Morgan fingerprint density at radius 2 is 2.08 bits per heavy atom. The number of methoxy groups -OCH3 is 1. The highest BCUT2D eigenvalue weighted by atomic mass is 16.5. The molecule has 0 unspecified atom stereocenters. The number of amides is 2. The molecule has 10 heteroatoms. The summed E-state index contributed by atoms with van der Waals surface area (Å²) in [6.45, 7) is 4.49. The van der Waals surface area contributed by atoms with E-state index < -0.39 is 0 Å². The third-order valence-electron chi connectivity index (χ3n) is 3.83. The van der Waals surface area contributed by atoms with Gasteiger partial charge in [-0.3, -0.25) is 4.57 Å². The van der Waals surface area contributed by atoms with Crippen molar-refractivity contribution in [2.45, 2.75) is 26.4 Å². The van der Waals surface area contributed by atoms with Crippen LogP contribution in [-0.2, 0) is 6.54 Å². The SMILES string of the molecule is CCn1ncnc1[C@H](C)NC(=O)Nc1cc(-n2cnnc2)ccc1OC. The van der Waals surface area contributed by atoms with E-state index in [-0.39, 0.29) is 12.1 Å². The van der Waals surface area contributed by atoms with E-state index in [9.17, 15) is 4.79 Å². The van der Waals surface area contributed by atoms with Gasteiger partial charge in [-0.1, -0.05) is 0 Å². The molecule has 2 heterocycles. The van der Waals surface area contributed by atoms with Gasteiger partial charge in [0.1, 0.15) is 30.6 Å². The lowest BCUT2D eigenvalue weighted by Gasteiger charge is -2.16. The Morgan fingerprint density at radius 1 is 1.31 bits per heavy atom. The number of nitrogens with one attached hydrogen (secondary N) is 2. The van der Waals surface area contributed by atoms with Gasteiger partial charge >= 0.3 is 6.03 Å². The van der Waals surface area contributed by atoms with Gasteiger partial charge in [0.25, 0.3) is 0 Å². The molecule has 3 aromatic rings. The number of aryl methyl sites for hydroxylation is 1. The summed E-state index contributed by atoms with van der Waals surface area (Å²) in [5, 5.41) is 17.3. The first-order valence-corrected chi connectivity index (χ1v) is 8.10. The van der Waals surface area contributed by atoms with Crippen LogP contribution in [-0.4, -0.2) is 42.7 Å². The van der Waals surface area contributed by atoms with Crippen molar-refractivity contribution in [1.29, 1.82) is 0 Å². The van der Waals surface area contributed by atoms with E-state index in [1.165, 1.54) is 6.33 Å². The van der Waals surface area contributed by atoms with Crippen LogP contribution in [0.15, 0.2) is 37.2 Å². The second-order valence-corrected chi connectivity index (χ2v) is 5.51. The largest absolute Gasteiger partial charge is 0.495 e. The molecule has 2 aromatic heterocycles. The molecule has 0 spiro atoms. The zero-order valence-electron chi connectivity index (χ0n) is 14.7. The first kappa shape index (κ1) is 17.4. The van der Waals surface area contributed by atoms with E-state index in [1.807, 2.05) is 19.9 Å². The molecule has 0 aliphatic rings.